The number of carboxylic acids is 1. The van der Waals surface area contributed by atoms with E-state index in [1.165, 1.54) is 12.1 Å². The largest absolute Gasteiger partial charge is 0.508 e. The third-order valence-corrected chi connectivity index (χ3v) is 2.41. The van der Waals surface area contributed by atoms with Crippen LogP contribution in [0, 0.1) is 0 Å². The van der Waals surface area contributed by atoms with Gasteiger partial charge in [0.05, 0.1) is 0 Å². The van der Waals surface area contributed by atoms with Gasteiger partial charge in [-0.1, -0.05) is 12.1 Å². The molecule has 1 rings (SSSR count). The lowest BCUT2D eigenvalue weighted by Gasteiger charge is -2.15. The highest BCUT2D eigenvalue weighted by Crippen LogP contribution is 2.11. The number of phenols is 1. The molecule has 0 saturated carbocycles. The molecular weight excluding hydrogens is 250 g/mol. The molecule has 2 amide bonds. The highest BCUT2D eigenvalue weighted by Gasteiger charge is 2.20. The number of aromatic hydroxyl groups is 1. The number of hydrogen-bond acceptors (Lipinski definition) is 4. The Labute approximate surface area is 110 Å². The quantitative estimate of drug-likeness (QED) is 0.481. The van der Waals surface area contributed by atoms with Crippen molar-refractivity contribution in [3.63, 3.8) is 0 Å². The molecule has 0 aliphatic heterocycles. The molecule has 1 aromatic rings. The fourth-order valence-corrected chi connectivity index (χ4v) is 1.46. The minimum atomic E-state index is -1.13. The Bertz CT molecular complexity index is 433. The van der Waals surface area contributed by atoms with Crippen LogP contribution in [0.1, 0.15) is 5.56 Å². The van der Waals surface area contributed by atoms with Gasteiger partial charge in [-0.05, 0) is 17.7 Å². The van der Waals surface area contributed by atoms with Gasteiger partial charge in [0.15, 0.2) is 0 Å². The summed E-state index contributed by atoms with van der Waals surface area (Å²) in [7, 11) is 0. The van der Waals surface area contributed by atoms with Crippen LogP contribution >= 0.6 is 0 Å². The molecule has 0 saturated heterocycles. The Balaban J connectivity index is 2.60. The summed E-state index contributed by atoms with van der Waals surface area (Å²) in [6, 6.07) is 4.51. The average Bonchev–Trinajstić information content (AvgIpc) is 2.38. The molecule has 0 spiro atoms. The smallest absolute Gasteiger partial charge is 0.326 e. The zero-order valence-electron chi connectivity index (χ0n) is 10.3. The van der Waals surface area contributed by atoms with E-state index in [4.69, 9.17) is 15.9 Å². The summed E-state index contributed by atoms with van der Waals surface area (Å²) in [5.74, 6) is -1.03. The van der Waals surface area contributed by atoms with Crippen LogP contribution in [-0.2, 0) is 11.2 Å². The van der Waals surface area contributed by atoms with E-state index in [2.05, 4.69) is 10.6 Å². The van der Waals surface area contributed by atoms with Gasteiger partial charge in [-0.2, -0.15) is 0 Å². The number of urea groups is 1. The molecule has 0 bridgehead atoms. The van der Waals surface area contributed by atoms with E-state index in [0.717, 1.165) is 0 Å². The molecule has 1 aromatic carbocycles. The van der Waals surface area contributed by atoms with Gasteiger partial charge in [0.25, 0.3) is 0 Å². The minimum absolute atomic E-state index is 0.101. The summed E-state index contributed by atoms with van der Waals surface area (Å²) in [6.07, 6.45) is 0.131. The van der Waals surface area contributed by atoms with Crippen molar-refractivity contribution in [2.24, 2.45) is 5.73 Å². The molecule has 6 N–H and O–H groups in total. The molecule has 0 heterocycles. The molecule has 0 fully saturated rings. The zero-order chi connectivity index (χ0) is 14.3. The van der Waals surface area contributed by atoms with Gasteiger partial charge in [0.1, 0.15) is 11.8 Å². The number of rotatable bonds is 6. The molecule has 1 unspecified atom stereocenters. The van der Waals surface area contributed by atoms with Crippen molar-refractivity contribution in [3.8, 4) is 5.75 Å². The van der Waals surface area contributed by atoms with Crippen LogP contribution in [0.25, 0.3) is 0 Å². The van der Waals surface area contributed by atoms with Crippen molar-refractivity contribution in [2.75, 3.05) is 13.1 Å². The highest BCUT2D eigenvalue weighted by atomic mass is 16.4. The number of amides is 2. The Morgan fingerprint density at radius 3 is 2.42 bits per heavy atom. The van der Waals surface area contributed by atoms with Crippen LogP contribution in [-0.4, -0.2) is 41.3 Å². The number of hydrogen-bond donors (Lipinski definition) is 5. The van der Waals surface area contributed by atoms with E-state index in [1.54, 1.807) is 12.1 Å². The van der Waals surface area contributed by atoms with E-state index < -0.39 is 18.0 Å². The third kappa shape index (κ3) is 5.26. The van der Waals surface area contributed by atoms with Gasteiger partial charge < -0.3 is 26.6 Å². The maximum Gasteiger partial charge on any atom is 0.326 e. The molecule has 19 heavy (non-hydrogen) atoms. The molecule has 7 nitrogen and oxygen atoms in total. The highest BCUT2D eigenvalue weighted by molar-refractivity contribution is 5.82. The van der Waals surface area contributed by atoms with Crippen molar-refractivity contribution < 1.29 is 19.8 Å². The van der Waals surface area contributed by atoms with Gasteiger partial charge >= 0.3 is 12.0 Å². The molecule has 0 aliphatic rings. The normalized spacial score (nSPS) is 11.6. The first kappa shape index (κ1) is 14.8. The summed E-state index contributed by atoms with van der Waals surface area (Å²) in [5.41, 5.74) is 5.92. The summed E-state index contributed by atoms with van der Waals surface area (Å²) < 4.78 is 0. The maximum atomic E-state index is 11.4. The average molecular weight is 267 g/mol. The predicted molar refractivity (Wildman–Crippen MR) is 68.8 cm³/mol. The standard InChI is InChI=1S/C12H17N3O4/c13-5-6-14-12(19)15-10(11(17)18)7-8-1-3-9(16)4-2-8/h1-4,10,16H,5-7,13H2,(H,17,18)(H2,14,15,19). The molecule has 0 radical (unpaired) electrons. The molecule has 104 valence electrons. The number of nitrogens with two attached hydrogens (primary N) is 1. The first-order valence-corrected chi connectivity index (χ1v) is 5.78. The molecule has 0 aliphatic carbocycles. The van der Waals surface area contributed by atoms with Crippen LogP contribution in [0.4, 0.5) is 4.79 Å². The Morgan fingerprint density at radius 1 is 1.26 bits per heavy atom. The number of phenolic OH excluding ortho intramolecular Hbond substituents is 1. The second kappa shape index (κ2) is 7.22. The second-order valence-corrected chi connectivity index (χ2v) is 3.95. The van der Waals surface area contributed by atoms with Crippen molar-refractivity contribution >= 4 is 12.0 Å². The lowest BCUT2D eigenvalue weighted by atomic mass is 10.1. The second-order valence-electron chi connectivity index (χ2n) is 3.95. The Morgan fingerprint density at radius 2 is 1.89 bits per heavy atom. The van der Waals surface area contributed by atoms with Crippen LogP contribution in [0.3, 0.4) is 0 Å². The van der Waals surface area contributed by atoms with Crippen LogP contribution in [0.2, 0.25) is 0 Å². The SMILES string of the molecule is NCCNC(=O)NC(Cc1ccc(O)cc1)C(=O)O. The number of nitrogens with one attached hydrogen (secondary N) is 2. The van der Waals surface area contributed by atoms with E-state index in [-0.39, 0.29) is 25.3 Å². The molecular formula is C12H17N3O4. The summed E-state index contributed by atoms with van der Waals surface area (Å²) in [5, 5.41) is 23.0. The van der Waals surface area contributed by atoms with Gasteiger partial charge in [-0.25, -0.2) is 9.59 Å². The first-order chi connectivity index (χ1) is 9.02. The lowest BCUT2D eigenvalue weighted by molar-refractivity contribution is -0.139. The van der Waals surface area contributed by atoms with Gasteiger partial charge in [-0.15, -0.1) is 0 Å². The van der Waals surface area contributed by atoms with Crippen molar-refractivity contribution in [2.45, 2.75) is 12.5 Å². The fourth-order valence-electron chi connectivity index (χ4n) is 1.46. The van der Waals surface area contributed by atoms with E-state index in [1.807, 2.05) is 0 Å². The van der Waals surface area contributed by atoms with Gasteiger partial charge in [0.2, 0.25) is 0 Å². The van der Waals surface area contributed by atoms with Crippen LogP contribution in [0.15, 0.2) is 24.3 Å². The van der Waals surface area contributed by atoms with Crippen molar-refractivity contribution in [1.82, 2.24) is 10.6 Å². The number of aliphatic carboxylic acids is 1. The fraction of sp³-hybridized carbons (Fsp3) is 0.333. The van der Waals surface area contributed by atoms with Crippen LogP contribution in [0.5, 0.6) is 5.75 Å². The van der Waals surface area contributed by atoms with Crippen molar-refractivity contribution in [1.29, 1.82) is 0 Å². The van der Waals surface area contributed by atoms with E-state index >= 15 is 0 Å². The number of carboxylic acid groups (broad SMARTS) is 1. The van der Waals surface area contributed by atoms with Gasteiger partial charge in [-0.3, -0.25) is 0 Å². The summed E-state index contributed by atoms with van der Waals surface area (Å²) in [6.45, 7) is 0.556. The first-order valence-electron chi connectivity index (χ1n) is 5.78. The maximum absolute atomic E-state index is 11.4. The summed E-state index contributed by atoms with van der Waals surface area (Å²) in [4.78, 5) is 22.4. The van der Waals surface area contributed by atoms with E-state index in [9.17, 15) is 9.59 Å². The number of benzene rings is 1. The van der Waals surface area contributed by atoms with Crippen LogP contribution < -0.4 is 16.4 Å². The molecule has 7 heteroatoms. The van der Waals surface area contributed by atoms with Crippen molar-refractivity contribution in [3.05, 3.63) is 29.8 Å². The molecule has 1 atom stereocenters. The third-order valence-electron chi connectivity index (χ3n) is 2.41. The minimum Gasteiger partial charge on any atom is -0.508 e. The topological polar surface area (TPSA) is 125 Å². The molecule has 0 aromatic heterocycles. The zero-order valence-corrected chi connectivity index (χ0v) is 10.3. The monoisotopic (exact) mass is 267 g/mol. The lowest BCUT2D eigenvalue weighted by Crippen LogP contribution is -2.48. The Hall–Kier alpha value is -2.28. The number of carbonyl (C=O) groups is 2. The van der Waals surface area contributed by atoms with E-state index in [0.29, 0.717) is 5.56 Å². The van der Waals surface area contributed by atoms with Gasteiger partial charge in [0, 0.05) is 19.5 Å². The Kier molecular flexibility index (Phi) is 5.62. The predicted octanol–water partition coefficient (Wildman–Crippen LogP) is -0.354. The summed E-state index contributed by atoms with van der Waals surface area (Å²) >= 11 is 0. The number of carbonyl (C=O) groups excluding carboxylic acids is 1.